The van der Waals surface area contributed by atoms with Gasteiger partial charge in [0.25, 0.3) is 5.91 Å². The Hall–Kier alpha value is -4.66. The first-order valence-electron chi connectivity index (χ1n) is 13.4. The summed E-state index contributed by atoms with van der Waals surface area (Å²) in [5.41, 5.74) is 7.74. The first kappa shape index (κ1) is 26.9. The molecule has 2 fully saturated rings. The van der Waals surface area contributed by atoms with Gasteiger partial charge in [0.15, 0.2) is 6.23 Å². The van der Waals surface area contributed by atoms with Crippen molar-refractivity contribution in [1.82, 2.24) is 15.1 Å². The van der Waals surface area contributed by atoms with E-state index in [2.05, 4.69) is 5.32 Å². The summed E-state index contributed by atoms with van der Waals surface area (Å²) < 4.78 is 6.19. The van der Waals surface area contributed by atoms with Crippen molar-refractivity contribution in [3.8, 4) is 5.75 Å². The maximum absolute atomic E-state index is 13.2. The predicted octanol–water partition coefficient (Wildman–Crippen LogP) is 3.65. The molecule has 9 heteroatoms. The number of carbonyl (C=O) groups is 4. The Balaban J connectivity index is 1.32. The van der Waals surface area contributed by atoms with Crippen molar-refractivity contribution in [3.63, 3.8) is 0 Å². The zero-order valence-corrected chi connectivity index (χ0v) is 22.2. The molecule has 5 amide bonds. The van der Waals surface area contributed by atoms with Gasteiger partial charge in [0.1, 0.15) is 11.8 Å². The first-order chi connectivity index (χ1) is 19.3. The Morgan fingerprint density at radius 1 is 0.975 bits per heavy atom. The van der Waals surface area contributed by atoms with Gasteiger partial charge in [0.05, 0.1) is 12.0 Å². The fraction of sp³-hybridized carbons (Fsp3) is 0.290. The number of likely N-dealkylation sites (tertiary alicyclic amines) is 2. The molecule has 206 valence electrons. The lowest BCUT2D eigenvalue weighted by atomic mass is 9.89. The third-order valence-corrected chi connectivity index (χ3v) is 7.51. The van der Waals surface area contributed by atoms with Crippen LogP contribution in [0.1, 0.15) is 47.3 Å². The number of hydrogen-bond acceptors (Lipinski definition) is 5. The number of imide groups is 1. The molecular formula is C31H32N4O5. The minimum Gasteiger partial charge on any atom is -0.469 e. The summed E-state index contributed by atoms with van der Waals surface area (Å²) in [5.74, 6) is -1.24. The molecule has 2 saturated heterocycles. The number of β-lactam (4-membered cyclic amide) rings is 1. The van der Waals surface area contributed by atoms with Crippen molar-refractivity contribution >= 4 is 23.8 Å². The fourth-order valence-electron chi connectivity index (χ4n) is 5.30. The second kappa shape index (κ2) is 11.6. The number of nitrogens with zero attached hydrogens (tertiary/aromatic N) is 2. The number of amides is 5. The largest absolute Gasteiger partial charge is 0.469 e. The van der Waals surface area contributed by atoms with Crippen molar-refractivity contribution in [1.29, 1.82) is 0 Å². The van der Waals surface area contributed by atoms with Crippen LogP contribution in [0.5, 0.6) is 5.75 Å². The molecule has 0 aromatic heterocycles. The first-order valence-corrected chi connectivity index (χ1v) is 13.4. The molecule has 2 aliphatic heterocycles. The van der Waals surface area contributed by atoms with Crippen molar-refractivity contribution in [3.05, 3.63) is 102 Å². The van der Waals surface area contributed by atoms with Crippen LogP contribution < -0.4 is 15.8 Å². The summed E-state index contributed by atoms with van der Waals surface area (Å²) in [6.07, 6.45) is 0.874. The highest BCUT2D eigenvalue weighted by molar-refractivity contribution is 6.01. The van der Waals surface area contributed by atoms with Crippen LogP contribution in [-0.4, -0.2) is 52.4 Å². The number of hydrogen-bond donors (Lipinski definition) is 2. The molecule has 2 aliphatic rings. The Bertz CT molecular complexity index is 1380. The van der Waals surface area contributed by atoms with Crippen molar-refractivity contribution < 1.29 is 23.9 Å². The third-order valence-electron chi connectivity index (χ3n) is 7.51. The Morgan fingerprint density at radius 3 is 2.27 bits per heavy atom. The van der Waals surface area contributed by atoms with Crippen LogP contribution in [0.3, 0.4) is 0 Å². The lowest BCUT2D eigenvalue weighted by molar-refractivity contribution is -0.166. The predicted molar refractivity (Wildman–Crippen MR) is 148 cm³/mol. The smallest absolute Gasteiger partial charge is 0.327 e. The van der Waals surface area contributed by atoms with E-state index in [0.29, 0.717) is 30.7 Å². The van der Waals surface area contributed by atoms with Crippen LogP contribution in [-0.2, 0) is 16.0 Å². The number of benzene rings is 3. The molecule has 3 aromatic carbocycles. The SMILES string of the molecule is CC(NC(=O)N1C(=O)C(Cc2ccccc2)C1Oc1ccc(C(=O)N2CCCC2C(N)=O)cc1)c1ccccc1. The third kappa shape index (κ3) is 5.54. The highest BCUT2D eigenvalue weighted by Gasteiger charge is 2.52. The van der Waals surface area contributed by atoms with Gasteiger partial charge in [-0.2, -0.15) is 0 Å². The number of urea groups is 1. The number of carbonyl (C=O) groups excluding carboxylic acids is 4. The molecule has 4 atom stereocenters. The monoisotopic (exact) mass is 540 g/mol. The minimum absolute atomic E-state index is 0.274. The molecular weight excluding hydrogens is 508 g/mol. The van der Waals surface area contributed by atoms with E-state index < -0.39 is 30.1 Å². The molecule has 3 aromatic rings. The normalized spacial score (nSPS) is 20.9. The van der Waals surface area contributed by atoms with Crippen LogP contribution in [0, 0.1) is 5.92 Å². The molecule has 0 spiro atoms. The number of nitrogens with one attached hydrogen (secondary N) is 1. The van der Waals surface area contributed by atoms with Gasteiger partial charge in [-0.3, -0.25) is 14.4 Å². The molecule has 40 heavy (non-hydrogen) atoms. The van der Waals surface area contributed by atoms with Crippen molar-refractivity contribution in [2.75, 3.05) is 6.54 Å². The number of nitrogens with two attached hydrogens (primary N) is 1. The van der Waals surface area contributed by atoms with Crippen LogP contribution in [0.2, 0.25) is 0 Å². The van der Waals surface area contributed by atoms with Crippen LogP contribution in [0.25, 0.3) is 0 Å². The molecule has 9 nitrogen and oxygen atoms in total. The highest BCUT2D eigenvalue weighted by Crippen LogP contribution is 2.33. The van der Waals surface area contributed by atoms with E-state index >= 15 is 0 Å². The summed E-state index contributed by atoms with van der Waals surface area (Å²) in [5, 5.41) is 2.90. The molecule has 4 unspecified atom stereocenters. The molecule has 0 bridgehead atoms. The molecule has 0 radical (unpaired) electrons. The second-order valence-electron chi connectivity index (χ2n) is 10.2. The lowest BCUT2D eigenvalue weighted by Crippen LogP contribution is -2.68. The topological polar surface area (TPSA) is 122 Å². The van der Waals surface area contributed by atoms with Crippen LogP contribution >= 0.6 is 0 Å². The fourth-order valence-corrected chi connectivity index (χ4v) is 5.30. The molecule has 0 aliphatic carbocycles. The van der Waals surface area contributed by atoms with E-state index in [1.165, 1.54) is 4.90 Å². The number of primary amides is 1. The van der Waals surface area contributed by atoms with Crippen LogP contribution in [0.4, 0.5) is 4.79 Å². The van der Waals surface area contributed by atoms with Gasteiger partial charge in [-0.05, 0) is 61.6 Å². The molecule has 0 saturated carbocycles. The van der Waals surface area contributed by atoms with Crippen molar-refractivity contribution in [2.24, 2.45) is 11.7 Å². The second-order valence-corrected chi connectivity index (χ2v) is 10.2. The molecule has 2 heterocycles. The minimum atomic E-state index is -0.824. The maximum atomic E-state index is 13.2. The zero-order valence-electron chi connectivity index (χ0n) is 22.2. The molecule has 3 N–H and O–H groups in total. The standard InChI is InChI=1S/C31H32N4O5/c1-20(22-11-6-3-7-12-22)33-31(39)35-29(38)25(19-21-9-4-2-5-10-21)30(35)40-24-16-14-23(15-17-24)28(37)34-18-8-13-26(34)27(32)36/h2-7,9-12,14-17,20,25-26,30H,8,13,18-19H2,1H3,(H2,32,36)(H,33,39). The maximum Gasteiger partial charge on any atom is 0.327 e. The summed E-state index contributed by atoms with van der Waals surface area (Å²) in [6, 6.07) is 24.1. The summed E-state index contributed by atoms with van der Waals surface area (Å²) in [4.78, 5) is 53.8. The Morgan fingerprint density at radius 2 is 1.62 bits per heavy atom. The Labute approximate surface area is 232 Å². The zero-order chi connectivity index (χ0) is 28.2. The van der Waals surface area contributed by atoms with Gasteiger partial charge >= 0.3 is 6.03 Å². The van der Waals surface area contributed by atoms with Gasteiger partial charge in [-0.1, -0.05) is 60.7 Å². The summed E-state index contributed by atoms with van der Waals surface area (Å²) in [7, 11) is 0. The average Bonchev–Trinajstić information content (AvgIpc) is 3.47. The highest BCUT2D eigenvalue weighted by atomic mass is 16.5. The van der Waals surface area contributed by atoms with E-state index in [1.807, 2.05) is 67.6 Å². The number of ether oxygens (including phenoxy) is 1. The van der Waals surface area contributed by atoms with E-state index in [4.69, 9.17) is 10.5 Å². The van der Waals surface area contributed by atoms with E-state index in [0.717, 1.165) is 22.4 Å². The van der Waals surface area contributed by atoms with Gasteiger partial charge in [0.2, 0.25) is 11.8 Å². The summed E-state index contributed by atoms with van der Waals surface area (Å²) in [6.45, 7) is 2.33. The quantitative estimate of drug-likeness (QED) is 0.423. The summed E-state index contributed by atoms with van der Waals surface area (Å²) >= 11 is 0. The van der Waals surface area contributed by atoms with Gasteiger partial charge in [-0.25, -0.2) is 9.69 Å². The Kier molecular flexibility index (Phi) is 7.82. The van der Waals surface area contributed by atoms with Gasteiger partial charge in [-0.15, -0.1) is 0 Å². The van der Waals surface area contributed by atoms with Crippen LogP contribution in [0.15, 0.2) is 84.9 Å². The van der Waals surface area contributed by atoms with Gasteiger partial charge in [0, 0.05) is 12.1 Å². The van der Waals surface area contributed by atoms with Gasteiger partial charge < -0.3 is 20.7 Å². The van der Waals surface area contributed by atoms with E-state index in [1.54, 1.807) is 24.3 Å². The molecule has 5 rings (SSSR count). The van der Waals surface area contributed by atoms with E-state index in [9.17, 15) is 19.2 Å². The average molecular weight is 541 g/mol. The van der Waals surface area contributed by atoms with Crippen molar-refractivity contribution in [2.45, 2.75) is 44.5 Å². The lowest BCUT2D eigenvalue weighted by Gasteiger charge is -2.45. The van der Waals surface area contributed by atoms with E-state index in [-0.39, 0.29) is 17.9 Å². The number of rotatable bonds is 8.